The van der Waals surface area contributed by atoms with E-state index in [1.54, 1.807) is 3.59 Å². The van der Waals surface area contributed by atoms with Gasteiger partial charge in [-0.15, -0.1) is 0 Å². The molecule has 0 aliphatic heterocycles. The predicted molar refractivity (Wildman–Crippen MR) is 117 cm³/mol. The zero-order valence-corrected chi connectivity index (χ0v) is 21.9. The third-order valence-electron chi connectivity index (χ3n) is 6.35. The second-order valence-corrected chi connectivity index (χ2v) is 28.0. The molecule has 0 saturated heterocycles. The maximum atomic E-state index is 10.4. The third-order valence-corrected chi connectivity index (χ3v) is 28.1. The van der Waals surface area contributed by atoms with Gasteiger partial charge in [-0.05, 0) is 0 Å². The molecule has 1 nitrogen and oxygen atoms in total. The summed E-state index contributed by atoms with van der Waals surface area (Å²) >= 11 is -2.44. The van der Waals surface area contributed by atoms with Gasteiger partial charge in [0.2, 0.25) is 0 Å². The van der Waals surface area contributed by atoms with Crippen LogP contribution in [0.3, 0.4) is 0 Å². The van der Waals surface area contributed by atoms with Gasteiger partial charge in [-0.2, -0.15) is 0 Å². The summed E-state index contributed by atoms with van der Waals surface area (Å²) in [5.74, 6) is 0. The Morgan fingerprint density at radius 2 is 1.25 bits per heavy atom. The van der Waals surface area contributed by atoms with E-state index in [-0.39, 0.29) is 0 Å². The van der Waals surface area contributed by atoms with Crippen LogP contribution >= 0.6 is 0 Å². The summed E-state index contributed by atoms with van der Waals surface area (Å²) in [6.07, 6.45) is 8.02. The summed E-state index contributed by atoms with van der Waals surface area (Å²) in [5, 5.41) is 10.8. The van der Waals surface area contributed by atoms with Crippen LogP contribution in [-0.4, -0.2) is 38.2 Å². The van der Waals surface area contributed by atoms with Crippen LogP contribution in [0, 0.1) is 0 Å². The molecule has 144 valence electrons. The molecule has 0 fully saturated rings. The van der Waals surface area contributed by atoms with E-state index in [0.717, 1.165) is 0 Å². The van der Waals surface area contributed by atoms with E-state index in [1.165, 1.54) is 51.8 Å². The monoisotopic (exact) mass is 462 g/mol. The van der Waals surface area contributed by atoms with Crippen molar-refractivity contribution < 1.29 is 5.11 Å². The summed E-state index contributed by atoms with van der Waals surface area (Å²) < 4.78 is 5.98. The average Bonchev–Trinajstić information content (AvgIpc) is 2.51. The van der Waals surface area contributed by atoms with Crippen molar-refractivity contribution in [3.05, 3.63) is 9.29 Å². The topological polar surface area (TPSA) is 20.2 Å². The van der Waals surface area contributed by atoms with E-state index in [4.69, 9.17) is 0 Å². The van der Waals surface area contributed by atoms with Crippen LogP contribution in [0.25, 0.3) is 0 Å². The van der Waals surface area contributed by atoms with Crippen molar-refractivity contribution in [3.63, 3.8) is 0 Å². The Morgan fingerprint density at radius 3 is 1.50 bits per heavy atom. The molecule has 0 aromatic rings. The molecule has 0 bridgehead atoms. The van der Waals surface area contributed by atoms with Crippen molar-refractivity contribution >= 4 is 26.5 Å². The van der Waals surface area contributed by atoms with Crippen molar-refractivity contribution in [2.45, 2.75) is 112 Å². The summed E-state index contributed by atoms with van der Waals surface area (Å²) in [4.78, 5) is 0. The van der Waals surface area contributed by atoms with Gasteiger partial charge < -0.3 is 0 Å². The molecule has 0 spiro atoms. The van der Waals surface area contributed by atoms with Crippen LogP contribution in [0.15, 0.2) is 9.29 Å². The van der Waals surface area contributed by atoms with Crippen molar-refractivity contribution in [1.29, 1.82) is 0 Å². The molecule has 0 radical (unpaired) electrons. The molecule has 0 aliphatic carbocycles. The van der Waals surface area contributed by atoms with Crippen molar-refractivity contribution in [2.75, 3.05) is 6.61 Å². The van der Waals surface area contributed by atoms with E-state index in [1.807, 2.05) is 0 Å². The standard InChI is InChI=1S/C9H19OSi.3C4H9.Sn/c1-9(2,3)11(4,5)8-6-7-10;3*1-3-4-2;/h8,10H,7H2,1-5H3;3*1,3-4H2,2H3;. The van der Waals surface area contributed by atoms with Gasteiger partial charge in [-0.3, -0.25) is 0 Å². The van der Waals surface area contributed by atoms with Crippen LogP contribution in [0.4, 0.5) is 0 Å². The van der Waals surface area contributed by atoms with Gasteiger partial charge in [-0.1, -0.05) is 0 Å². The molecule has 0 saturated carbocycles. The van der Waals surface area contributed by atoms with Crippen LogP contribution in [0.1, 0.15) is 80.1 Å². The van der Waals surface area contributed by atoms with Crippen LogP contribution in [0.2, 0.25) is 31.4 Å². The fourth-order valence-electron chi connectivity index (χ4n) is 3.42. The first kappa shape index (κ1) is 24.7. The normalized spacial score (nSPS) is 14.3. The first-order valence-electron chi connectivity index (χ1n) is 10.4. The van der Waals surface area contributed by atoms with Gasteiger partial charge in [-0.25, -0.2) is 0 Å². The molecule has 0 aromatic heterocycles. The van der Waals surface area contributed by atoms with Gasteiger partial charge in [0, 0.05) is 0 Å². The van der Waals surface area contributed by atoms with Crippen molar-refractivity contribution in [3.8, 4) is 0 Å². The maximum absolute atomic E-state index is 10.4. The Balaban J connectivity index is 5.89. The van der Waals surface area contributed by atoms with Crippen molar-refractivity contribution in [1.82, 2.24) is 0 Å². The Kier molecular flexibility index (Phi) is 11.8. The molecule has 1 N–H and O–H groups in total. The molecule has 0 heterocycles. The number of unbranched alkanes of at least 4 members (excludes halogenated alkanes) is 3. The number of aliphatic hydroxyl groups is 1. The second-order valence-electron chi connectivity index (χ2n) is 9.39. The Bertz CT molecular complexity index is 347. The molecule has 3 heteroatoms. The number of hydrogen-bond acceptors (Lipinski definition) is 1. The second kappa shape index (κ2) is 11.4. The molecule has 0 aromatic carbocycles. The quantitative estimate of drug-likeness (QED) is 0.302. The minimum atomic E-state index is -2.44. The fourth-order valence-corrected chi connectivity index (χ4v) is 25.5. The zero-order chi connectivity index (χ0) is 18.9. The van der Waals surface area contributed by atoms with Gasteiger partial charge >= 0.3 is 159 Å². The summed E-state index contributed by atoms with van der Waals surface area (Å²) in [5.41, 5.74) is 2.67. The van der Waals surface area contributed by atoms with E-state index in [2.05, 4.69) is 60.3 Å². The number of rotatable bonds is 12. The molecule has 0 unspecified atom stereocenters. The van der Waals surface area contributed by atoms with E-state index >= 15 is 0 Å². The van der Waals surface area contributed by atoms with Crippen molar-refractivity contribution in [2.24, 2.45) is 0 Å². The minimum absolute atomic E-state index is 0.347. The molecule has 0 aliphatic rings. The zero-order valence-electron chi connectivity index (χ0n) is 18.1. The summed E-state index contributed by atoms with van der Waals surface area (Å²) in [7, 11) is -1.49. The number of hydrogen-bond donors (Lipinski definition) is 1. The Labute approximate surface area is 158 Å². The Hall–Kier alpha value is 0.716. The average molecular weight is 461 g/mol. The molecule has 0 amide bonds. The van der Waals surface area contributed by atoms with Crippen LogP contribution in [0.5, 0.6) is 0 Å². The fraction of sp³-hybridized carbons (Fsp3) is 0.905. The van der Waals surface area contributed by atoms with E-state index in [0.29, 0.717) is 11.6 Å². The van der Waals surface area contributed by atoms with Gasteiger partial charge in [0.15, 0.2) is 0 Å². The summed E-state index contributed by atoms with van der Waals surface area (Å²) in [6, 6.07) is 0. The van der Waals surface area contributed by atoms with Crippen LogP contribution < -0.4 is 0 Å². The first-order chi connectivity index (χ1) is 11.1. The van der Waals surface area contributed by atoms with Gasteiger partial charge in [0.05, 0.1) is 0 Å². The van der Waals surface area contributed by atoms with Gasteiger partial charge in [0.1, 0.15) is 0 Å². The molecule has 24 heavy (non-hydrogen) atoms. The molecular weight excluding hydrogens is 415 g/mol. The van der Waals surface area contributed by atoms with Crippen LogP contribution in [-0.2, 0) is 0 Å². The SMILES string of the molecule is CCC[CH2][Sn]([CH2]CCC)([CH2]CCC)/[C](=C\[Si](C)(C)C(C)(C)C)CO. The third kappa shape index (κ3) is 7.53. The molecular formula is C21H46OSiSn. The summed E-state index contributed by atoms with van der Waals surface area (Å²) in [6.45, 7) is 19.5. The molecule has 0 atom stereocenters. The van der Waals surface area contributed by atoms with Gasteiger partial charge in [0.25, 0.3) is 0 Å². The van der Waals surface area contributed by atoms with E-state index < -0.39 is 26.5 Å². The Morgan fingerprint density at radius 1 is 0.875 bits per heavy atom. The first-order valence-corrected chi connectivity index (χ1v) is 21.0. The molecule has 0 rings (SSSR count). The predicted octanol–water partition coefficient (Wildman–Crippen LogP) is 7.34. The van der Waals surface area contributed by atoms with E-state index in [9.17, 15) is 5.11 Å². The number of aliphatic hydroxyl groups excluding tert-OH is 1.